The van der Waals surface area contributed by atoms with E-state index in [4.69, 9.17) is 0 Å². The Balaban J connectivity index is 2.32. The van der Waals surface area contributed by atoms with Crippen molar-refractivity contribution in [2.75, 3.05) is 25.0 Å². The Morgan fingerprint density at radius 2 is 2.24 bits per heavy atom. The van der Waals surface area contributed by atoms with Crippen molar-refractivity contribution in [3.05, 3.63) is 18.3 Å². The van der Waals surface area contributed by atoms with E-state index in [1.807, 2.05) is 6.92 Å². The lowest BCUT2D eigenvalue weighted by Crippen LogP contribution is -2.42. The fraction of sp³-hybridized carbons (Fsp3) is 0.643. The monoisotopic (exact) mass is 313 g/mol. The summed E-state index contributed by atoms with van der Waals surface area (Å²) < 4.78 is 27.1. The molecule has 21 heavy (non-hydrogen) atoms. The Kier molecular flexibility index (Phi) is 5.55. The SMILES string of the molecule is CCNc1cc(S(=O)(=O)N2CCCCCC2CO)ccn1. The number of nitrogens with zero attached hydrogens (tertiary/aromatic N) is 2. The van der Waals surface area contributed by atoms with E-state index in [0.717, 1.165) is 19.3 Å². The predicted molar refractivity (Wildman–Crippen MR) is 81.6 cm³/mol. The molecule has 1 aliphatic heterocycles. The molecule has 118 valence electrons. The van der Waals surface area contributed by atoms with Crippen molar-refractivity contribution in [3.63, 3.8) is 0 Å². The van der Waals surface area contributed by atoms with Crippen molar-refractivity contribution in [2.45, 2.75) is 43.5 Å². The maximum Gasteiger partial charge on any atom is 0.243 e. The second kappa shape index (κ2) is 7.20. The van der Waals surface area contributed by atoms with Crippen molar-refractivity contribution in [3.8, 4) is 0 Å². The van der Waals surface area contributed by atoms with Gasteiger partial charge in [-0.05, 0) is 25.8 Å². The number of rotatable bonds is 5. The summed E-state index contributed by atoms with van der Waals surface area (Å²) >= 11 is 0. The van der Waals surface area contributed by atoms with E-state index in [1.54, 1.807) is 6.07 Å². The minimum Gasteiger partial charge on any atom is -0.395 e. The summed E-state index contributed by atoms with van der Waals surface area (Å²) in [6, 6.07) is 2.74. The van der Waals surface area contributed by atoms with Gasteiger partial charge in [0.2, 0.25) is 10.0 Å². The van der Waals surface area contributed by atoms with E-state index in [0.29, 0.717) is 25.3 Å². The average molecular weight is 313 g/mol. The third-order valence-electron chi connectivity index (χ3n) is 3.73. The zero-order valence-corrected chi connectivity index (χ0v) is 13.1. The van der Waals surface area contributed by atoms with Crippen LogP contribution in [0.1, 0.15) is 32.6 Å². The first-order chi connectivity index (χ1) is 10.1. The van der Waals surface area contributed by atoms with Crippen LogP contribution in [0.25, 0.3) is 0 Å². The van der Waals surface area contributed by atoms with Crippen LogP contribution < -0.4 is 5.32 Å². The third-order valence-corrected chi connectivity index (χ3v) is 5.68. The summed E-state index contributed by atoms with van der Waals surface area (Å²) in [4.78, 5) is 4.33. The number of pyridine rings is 1. The standard InChI is InChI=1S/C14H23N3O3S/c1-2-15-14-10-13(7-8-16-14)21(19,20)17-9-5-3-4-6-12(17)11-18/h7-8,10,12,18H,2-6,9,11H2,1H3,(H,15,16). The minimum absolute atomic E-state index is 0.135. The molecule has 2 heterocycles. The fourth-order valence-electron chi connectivity index (χ4n) is 2.63. The van der Waals surface area contributed by atoms with Gasteiger partial charge in [0.1, 0.15) is 5.82 Å². The molecule has 1 aromatic heterocycles. The van der Waals surface area contributed by atoms with Crippen LogP contribution in [0.5, 0.6) is 0 Å². The molecule has 2 rings (SSSR count). The molecule has 1 atom stereocenters. The quantitative estimate of drug-likeness (QED) is 0.859. The van der Waals surface area contributed by atoms with Gasteiger partial charge in [0, 0.05) is 31.4 Å². The van der Waals surface area contributed by atoms with Crippen molar-refractivity contribution < 1.29 is 13.5 Å². The van der Waals surface area contributed by atoms with E-state index in [2.05, 4.69) is 10.3 Å². The van der Waals surface area contributed by atoms with E-state index in [1.165, 1.54) is 16.6 Å². The second-order valence-corrected chi connectivity index (χ2v) is 7.10. The van der Waals surface area contributed by atoms with E-state index >= 15 is 0 Å². The largest absolute Gasteiger partial charge is 0.395 e. The topological polar surface area (TPSA) is 82.5 Å². The van der Waals surface area contributed by atoms with Crippen LogP contribution in [-0.2, 0) is 10.0 Å². The molecule has 0 saturated carbocycles. The highest BCUT2D eigenvalue weighted by Gasteiger charge is 2.32. The molecule has 1 unspecified atom stereocenters. The second-order valence-electron chi connectivity index (χ2n) is 5.21. The molecule has 1 saturated heterocycles. The molecule has 0 bridgehead atoms. The summed E-state index contributed by atoms with van der Waals surface area (Å²) in [6.07, 6.45) is 5.00. The number of aliphatic hydroxyl groups excluding tert-OH is 1. The molecular weight excluding hydrogens is 290 g/mol. The molecule has 1 fully saturated rings. The van der Waals surface area contributed by atoms with Crippen molar-refractivity contribution >= 4 is 15.8 Å². The number of hydrogen-bond donors (Lipinski definition) is 2. The lowest BCUT2D eigenvalue weighted by Gasteiger charge is -2.27. The fourth-order valence-corrected chi connectivity index (χ4v) is 4.33. The van der Waals surface area contributed by atoms with Gasteiger partial charge in [0.25, 0.3) is 0 Å². The Hall–Kier alpha value is -1.18. The van der Waals surface area contributed by atoms with E-state index in [9.17, 15) is 13.5 Å². The van der Waals surface area contributed by atoms with Crippen LogP contribution in [0, 0.1) is 0 Å². The van der Waals surface area contributed by atoms with Crippen LogP contribution in [0.3, 0.4) is 0 Å². The van der Waals surface area contributed by atoms with Gasteiger partial charge in [-0.3, -0.25) is 0 Å². The van der Waals surface area contributed by atoms with Crippen LogP contribution in [0.2, 0.25) is 0 Å². The highest BCUT2D eigenvalue weighted by Crippen LogP contribution is 2.25. The Labute approximate surface area is 126 Å². The van der Waals surface area contributed by atoms with Gasteiger partial charge >= 0.3 is 0 Å². The van der Waals surface area contributed by atoms with Crippen molar-refractivity contribution in [1.29, 1.82) is 0 Å². The van der Waals surface area contributed by atoms with Crippen LogP contribution in [0.15, 0.2) is 23.2 Å². The molecule has 0 amide bonds. The van der Waals surface area contributed by atoms with Crippen LogP contribution in [0.4, 0.5) is 5.82 Å². The van der Waals surface area contributed by atoms with Gasteiger partial charge in [-0.1, -0.05) is 12.8 Å². The summed E-state index contributed by atoms with van der Waals surface area (Å²) in [5.41, 5.74) is 0. The first-order valence-corrected chi connectivity index (χ1v) is 8.86. The highest BCUT2D eigenvalue weighted by molar-refractivity contribution is 7.89. The summed E-state index contributed by atoms with van der Waals surface area (Å²) in [7, 11) is -3.59. The third kappa shape index (κ3) is 3.72. The number of aromatic nitrogens is 1. The zero-order chi connectivity index (χ0) is 15.3. The Morgan fingerprint density at radius 3 is 2.95 bits per heavy atom. The van der Waals surface area contributed by atoms with Crippen LogP contribution in [-0.4, -0.2) is 48.6 Å². The minimum atomic E-state index is -3.59. The Bertz CT molecular complexity index is 562. The van der Waals surface area contributed by atoms with Gasteiger partial charge < -0.3 is 10.4 Å². The molecule has 1 aliphatic rings. The normalized spacial score (nSPS) is 21.0. The maximum absolute atomic E-state index is 12.8. The number of hydrogen-bond acceptors (Lipinski definition) is 5. The summed E-state index contributed by atoms with van der Waals surface area (Å²) in [5.74, 6) is 0.550. The van der Waals surface area contributed by atoms with Crippen LogP contribution >= 0.6 is 0 Å². The maximum atomic E-state index is 12.8. The Morgan fingerprint density at radius 1 is 1.43 bits per heavy atom. The van der Waals surface area contributed by atoms with Crippen molar-refractivity contribution in [1.82, 2.24) is 9.29 Å². The number of aliphatic hydroxyl groups is 1. The molecule has 0 radical (unpaired) electrons. The smallest absolute Gasteiger partial charge is 0.243 e. The molecule has 0 aliphatic carbocycles. The van der Waals surface area contributed by atoms with Gasteiger partial charge in [-0.25, -0.2) is 13.4 Å². The van der Waals surface area contributed by atoms with Gasteiger partial charge in [-0.15, -0.1) is 0 Å². The number of nitrogens with one attached hydrogen (secondary N) is 1. The van der Waals surface area contributed by atoms with Gasteiger partial charge in [0.15, 0.2) is 0 Å². The average Bonchev–Trinajstić information content (AvgIpc) is 2.73. The summed E-state index contributed by atoms with van der Waals surface area (Å²) in [6.45, 7) is 2.94. The van der Waals surface area contributed by atoms with Gasteiger partial charge in [-0.2, -0.15) is 4.31 Å². The zero-order valence-electron chi connectivity index (χ0n) is 12.3. The highest BCUT2D eigenvalue weighted by atomic mass is 32.2. The predicted octanol–water partition coefficient (Wildman–Crippen LogP) is 1.44. The van der Waals surface area contributed by atoms with Crippen molar-refractivity contribution in [2.24, 2.45) is 0 Å². The molecule has 1 aromatic rings. The van der Waals surface area contributed by atoms with Gasteiger partial charge in [0.05, 0.1) is 11.5 Å². The lowest BCUT2D eigenvalue weighted by molar-refractivity contribution is 0.186. The molecule has 6 nitrogen and oxygen atoms in total. The molecule has 7 heteroatoms. The molecule has 0 aromatic carbocycles. The van der Waals surface area contributed by atoms with E-state index < -0.39 is 10.0 Å². The van der Waals surface area contributed by atoms with E-state index in [-0.39, 0.29) is 17.5 Å². The molecule has 0 spiro atoms. The first-order valence-electron chi connectivity index (χ1n) is 7.42. The lowest BCUT2D eigenvalue weighted by atomic mass is 10.1. The molecule has 2 N–H and O–H groups in total. The molecular formula is C14H23N3O3S. The number of sulfonamides is 1. The number of anilines is 1. The first kappa shape index (κ1) is 16.2. The summed E-state index contributed by atoms with van der Waals surface area (Å²) in [5, 5.41) is 12.5.